The third-order valence-electron chi connectivity index (χ3n) is 4.33. The van der Waals surface area contributed by atoms with Gasteiger partial charge in [0, 0.05) is 17.9 Å². The Morgan fingerprint density at radius 2 is 1.96 bits per heavy atom. The second-order valence-corrected chi connectivity index (χ2v) is 6.32. The van der Waals surface area contributed by atoms with E-state index in [1.165, 1.54) is 12.1 Å². The second kappa shape index (κ2) is 8.10. The maximum atomic E-state index is 13.0. The fourth-order valence-corrected chi connectivity index (χ4v) is 2.86. The Kier molecular flexibility index (Phi) is 5.63. The van der Waals surface area contributed by atoms with Gasteiger partial charge in [-0.3, -0.25) is 9.59 Å². The summed E-state index contributed by atoms with van der Waals surface area (Å²) >= 11 is 0. The molecule has 2 aromatic rings. The first-order valence-electron chi connectivity index (χ1n) is 8.62. The number of carbonyl (C=O) groups excluding carboxylic acids is 2. The molecule has 0 aliphatic carbocycles. The SMILES string of the molecule is CC(NC(=O)c1cccc(NC(=O)C2CCCO2)c1)c1ccc(F)cc1. The summed E-state index contributed by atoms with van der Waals surface area (Å²) in [6.07, 6.45) is 1.16. The minimum Gasteiger partial charge on any atom is -0.368 e. The van der Waals surface area contributed by atoms with Crippen molar-refractivity contribution < 1.29 is 18.7 Å². The predicted molar refractivity (Wildman–Crippen MR) is 96.3 cm³/mol. The molecule has 26 heavy (non-hydrogen) atoms. The Morgan fingerprint density at radius 1 is 1.19 bits per heavy atom. The first kappa shape index (κ1) is 18.1. The number of amides is 2. The molecule has 6 heteroatoms. The Morgan fingerprint density at radius 3 is 2.65 bits per heavy atom. The number of anilines is 1. The van der Waals surface area contributed by atoms with Gasteiger partial charge in [0.05, 0.1) is 6.04 Å². The molecule has 1 aliphatic heterocycles. The zero-order valence-corrected chi connectivity index (χ0v) is 14.5. The van der Waals surface area contributed by atoms with Crippen LogP contribution in [-0.4, -0.2) is 24.5 Å². The van der Waals surface area contributed by atoms with Gasteiger partial charge < -0.3 is 15.4 Å². The van der Waals surface area contributed by atoms with Gasteiger partial charge in [-0.2, -0.15) is 0 Å². The molecule has 1 heterocycles. The van der Waals surface area contributed by atoms with E-state index in [1.54, 1.807) is 36.4 Å². The normalized spacial score (nSPS) is 17.5. The molecule has 3 rings (SSSR count). The number of ether oxygens (including phenoxy) is 1. The summed E-state index contributed by atoms with van der Waals surface area (Å²) in [5.74, 6) is -0.781. The molecule has 0 spiro atoms. The number of halogens is 1. The van der Waals surface area contributed by atoms with Crippen LogP contribution in [0.25, 0.3) is 0 Å². The van der Waals surface area contributed by atoms with E-state index >= 15 is 0 Å². The number of hydrogen-bond acceptors (Lipinski definition) is 3. The van der Waals surface area contributed by atoms with Gasteiger partial charge >= 0.3 is 0 Å². The van der Waals surface area contributed by atoms with Crippen LogP contribution in [0, 0.1) is 5.82 Å². The van der Waals surface area contributed by atoms with Gasteiger partial charge in [0.15, 0.2) is 0 Å². The number of rotatable bonds is 5. The monoisotopic (exact) mass is 356 g/mol. The van der Waals surface area contributed by atoms with E-state index in [4.69, 9.17) is 4.74 Å². The molecular formula is C20H21FN2O3. The lowest BCUT2D eigenvalue weighted by Crippen LogP contribution is -2.28. The molecule has 0 saturated carbocycles. The predicted octanol–water partition coefficient (Wildman–Crippen LogP) is 3.43. The molecule has 1 aliphatic rings. The number of benzene rings is 2. The van der Waals surface area contributed by atoms with E-state index in [0.717, 1.165) is 12.0 Å². The zero-order chi connectivity index (χ0) is 18.5. The van der Waals surface area contributed by atoms with Gasteiger partial charge in [0.2, 0.25) is 0 Å². The molecule has 2 N–H and O–H groups in total. The minimum atomic E-state index is -0.425. The molecular weight excluding hydrogens is 335 g/mol. The molecule has 1 fully saturated rings. The summed E-state index contributed by atoms with van der Waals surface area (Å²) in [5.41, 5.74) is 1.79. The van der Waals surface area contributed by atoms with Crippen LogP contribution in [0.3, 0.4) is 0 Å². The molecule has 2 atom stereocenters. The smallest absolute Gasteiger partial charge is 0.253 e. The van der Waals surface area contributed by atoms with Crippen LogP contribution in [0.15, 0.2) is 48.5 Å². The lowest BCUT2D eigenvalue weighted by atomic mass is 10.1. The fraction of sp³-hybridized carbons (Fsp3) is 0.300. The highest BCUT2D eigenvalue weighted by molar-refractivity contribution is 5.98. The van der Waals surface area contributed by atoms with Crippen LogP contribution in [0.5, 0.6) is 0 Å². The molecule has 2 amide bonds. The van der Waals surface area contributed by atoms with Gasteiger partial charge in [0.25, 0.3) is 11.8 Å². The Hall–Kier alpha value is -2.73. The van der Waals surface area contributed by atoms with Crippen molar-refractivity contribution in [3.05, 3.63) is 65.5 Å². The molecule has 136 valence electrons. The van der Waals surface area contributed by atoms with Crippen molar-refractivity contribution in [1.29, 1.82) is 0 Å². The maximum absolute atomic E-state index is 13.0. The van der Waals surface area contributed by atoms with Crippen LogP contribution in [0.2, 0.25) is 0 Å². The van der Waals surface area contributed by atoms with E-state index in [9.17, 15) is 14.0 Å². The summed E-state index contributed by atoms with van der Waals surface area (Å²) in [6.45, 7) is 2.43. The van der Waals surface area contributed by atoms with Gasteiger partial charge in [-0.05, 0) is 55.7 Å². The zero-order valence-electron chi connectivity index (χ0n) is 14.5. The van der Waals surface area contributed by atoms with Crippen LogP contribution >= 0.6 is 0 Å². The average Bonchev–Trinajstić information content (AvgIpc) is 3.17. The highest BCUT2D eigenvalue weighted by Gasteiger charge is 2.23. The van der Waals surface area contributed by atoms with E-state index < -0.39 is 6.10 Å². The van der Waals surface area contributed by atoms with E-state index in [2.05, 4.69) is 10.6 Å². The Balaban J connectivity index is 1.64. The van der Waals surface area contributed by atoms with Crippen molar-refractivity contribution in [3.8, 4) is 0 Å². The van der Waals surface area contributed by atoms with Crippen LogP contribution in [-0.2, 0) is 9.53 Å². The van der Waals surface area contributed by atoms with Gasteiger partial charge in [0.1, 0.15) is 11.9 Å². The highest BCUT2D eigenvalue weighted by atomic mass is 19.1. The van der Waals surface area contributed by atoms with E-state index in [0.29, 0.717) is 24.3 Å². The maximum Gasteiger partial charge on any atom is 0.253 e. The first-order chi connectivity index (χ1) is 12.5. The summed E-state index contributed by atoms with van der Waals surface area (Å²) in [4.78, 5) is 24.6. The molecule has 2 aromatic carbocycles. The quantitative estimate of drug-likeness (QED) is 0.862. The van der Waals surface area contributed by atoms with Crippen molar-refractivity contribution in [3.63, 3.8) is 0 Å². The lowest BCUT2D eigenvalue weighted by molar-refractivity contribution is -0.124. The minimum absolute atomic E-state index is 0.195. The number of nitrogens with one attached hydrogen (secondary N) is 2. The highest BCUT2D eigenvalue weighted by Crippen LogP contribution is 2.18. The molecule has 0 radical (unpaired) electrons. The van der Waals surface area contributed by atoms with Gasteiger partial charge in [-0.1, -0.05) is 18.2 Å². The van der Waals surface area contributed by atoms with E-state index in [1.807, 2.05) is 6.92 Å². The standard InChI is InChI=1S/C20H21FN2O3/c1-13(14-7-9-16(21)10-8-14)22-19(24)15-4-2-5-17(12-15)23-20(25)18-6-3-11-26-18/h2,4-5,7-10,12-13,18H,3,6,11H2,1H3,(H,22,24)(H,23,25). The van der Waals surface area contributed by atoms with Crippen LogP contribution in [0.4, 0.5) is 10.1 Å². The summed E-state index contributed by atoms with van der Waals surface area (Å²) in [7, 11) is 0. The van der Waals surface area contributed by atoms with E-state index in [-0.39, 0.29) is 23.7 Å². The number of carbonyl (C=O) groups is 2. The molecule has 0 aromatic heterocycles. The van der Waals surface area contributed by atoms with Crippen molar-refractivity contribution in [2.75, 3.05) is 11.9 Å². The van der Waals surface area contributed by atoms with Crippen molar-refractivity contribution in [2.24, 2.45) is 0 Å². The van der Waals surface area contributed by atoms with Crippen molar-refractivity contribution in [1.82, 2.24) is 5.32 Å². The molecule has 1 saturated heterocycles. The largest absolute Gasteiger partial charge is 0.368 e. The lowest BCUT2D eigenvalue weighted by Gasteiger charge is -2.15. The Bertz CT molecular complexity index is 786. The van der Waals surface area contributed by atoms with Crippen molar-refractivity contribution in [2.45, 2.75) is 31.9 Å². The topological polar surface area (TPSA) is 67.4 Å². The summed E-state index contributed by atoms with van der Waals surface area (Å²) < 4.78 is 18.4. The van der Waals surface area contributed by atoms with Crippen LogP contribution < -0.4 is 10.6 Å². The Labute approximate surface area is 151 Å². The van der Waals surface area contributed by atoms with Crippen LogP contribution in [0.1, 0.15) is 41.7 Å². The van der Waals surface area contributed by atoms with Crippen molar-refractivity contribution >= 4 is 17.5 Å². The summed E-state index contributed by atoms with van der Waals surface area (Å²) in [5, 5.41) is 5.65. The molecule has 0 bridgehead atoms. The van der Waals surface area contributed by atoms with Gasteiger partial charge in [-0.25, -0.2) is 4.39 Å². The third kappa shape index (κ3) is 4.46. The second-order valence-electron chi connectivity index (χ2n) is 6.32. The first-order valence-corrected chi connectivity index (χ1v) is 8.62. The molecule has 2 unspecified atom stereocenters. The summed E-state index contributed by atoms with van der Waals surface area (Å²) in [6, 6.07) is 12.5. The average molecular weight is 356 g/mol. The molecule has 5 nitrogen and oxygen atoms in total. The van der Waals surface area contributed by atoms with Gasteiger partial charge in [-0.15, -0.1) is 0 Å². The third-order valence-corrected chi connectivity index (χ3v) is 4.33. The fourth-order valence-electron chi connectivity index (χ4n) is 2.86. The number of hydrogen-bond donors (Lipinski definition) is 2.